The van der Waals surface area contributed by atoms with Crippen LogP contribution in [0, 0.1) is 11.3 Å². The summed E-state index contributed by atoms with van der Waals surface area (Å²) in [7, 11) is 0. The molecule has 2 heterocycles. The van der Waals surface area contributed by atoms with Crippen LogP contribution in [0.5, 0.6) is 0 Å². The van der Waals surface area contributed by atoms with Gasteiger partial charge in [0, 0.05) is 49.7 Å². The molecule has 1 aliphatic rings. The van der Waals surface area contributed by atoms with Gasteiger partial charge in [0.1, 0.15) is 6.07 Å². The molecular weight excluding hydrogens is 350 g/mol. The van der Waals surface area contributed by atoms with Crippen molar-refractivity contribution in [3.63, 3.8) is 0 Å². The molecule has 26 heavy (non-hydrogen) atoms. The van der Waals surface area contributed by atoms with E-state index in [4.69, 9.17) is 11.6 Å². The molecule has 1 aliphatic heterocycles. The Hall–Kier alpha value is -2.91. The summed E-state index contributed by atoms with van der Waals surface area (Å²) in [5, 5.41) is 9.84. The highest BCUT2D eigenvalue weighted by Crippen LogP contribution is 2.17. The van der Waals surface area contributed by atoms with Crippen molar-refractivity contribution in [2.24, 2.45) is 0 Å². The van der Waals surface area contributed by atoms with E-state index in [-0.39, 0.29) is 5.91 Å². The SMILES string of the molecule is N#Cc1nccnc1N1CCCN(C(=O)C=Cc2cccc(Cl)c2)CC1. The molecule has 1 fully saturated rings. The number of nitriles is 1. The zero-order chi connectivity index (χ0) is 18.4. The van der Waals surface area contributed by atoms with Gasteiger partial charge >= 0.3 is 0 Å². The van der Waals surface area contributed by atoms with Crippen molar-refractivity contribution in [1.29, 1.82) is 5.26 Å². The monoisotopic (exact) mass is 367 g/mol. The van der Waals surface area contributed by atoms with Crippen molar-refractivity contribution in [3.8, 4) is 6.07 Å². The van der Waals surface area contributed by atoms with Gasteiger partial charge in [0.15, 0.2) is 11.5 Å². The number of rotatable bonds is 3. The molecule has 6 nitrogen and oxygen atoms in total. The lowest BCUT2D eigenvalue weighted by molar-refractivity contribution is -0.125. The second kappa shape index (κ2) is 8.45. The zero-order valence-electron chi connectivity index (χ0n) is 14.2. The minimum atomic E-state index is -0.0357. The molecule has 0 atom stereocenters. The largest absolute Gasteiger partial charge is 0.352 e. The van der Waals surface area contributed by atoms with Gasteiger partial charge in [-0.3, -0.25) is 4.79 Å². The van der Waals surface area contributed by atoms with Crippen LogP contribution in [0.3, 0.4) is 0 Å². The molecule has 0 bridgehead atoms. The predicted molar refractivity (Wildman–Crippen MR) is 101 cm³/mol. The summed E-state index contributed by atoms with van der Waals surface area (Å²) in [6.07, 6.45) is 7.24. The van der Waals surface area contributed by atoms with Gasteiger partial charge in [0.05, 0.1) is 0 Å². The average Bonchev–Trinajstić information content (AvgIpc) is 2.92. The number of carbonyl (C=O) groups is 1. The number of halogens is 1. The summed E-state index contributed by atoms with van der Waals surface area (Å²) in [4.78, 5) is 24.6. The maximum atomic E-state index is 12.5. The van der Waals surface area contributed by atoms with Gasteiger partial charge < -0.3 is 9.80 Å². The minimum Gasteiger partial charge on any atom is -0.352 e. The van der Waals surface area contributed by atoms with Crippen molar-refractivity contribution in [2.45, 2.75) is 6.42 Å². The van der Waals surface area contributed by atoms with Crippen LogP contribution in [0.1, 0.15) is 17.7 Å². The summed E-state index contributed by atoms with van der Waals surface area (Å²) < 4.78 is 0. The zero-order valence-corrected chi connectivity index (χ0v) is 14.9. The summed E-state index contributed by atoms with van der Waals surface area (Å²) in [5.74, 6) is 0.547. The molecule has 1 aromatic carbocycles. The van der Waals surface area contributed by atoms with Crippen LogP contribution >= 0.6 is 11.6 Å². The maximum absolute atomic E-state index is 12.5. The molecule has 3 rings (SSSR count). The molecule has 1 amide bonds. The highest BCUT2D eigenvalue weighted by molar-refractivity contribution is 6.30. The molecule has 0 spiro atoms. The van der Waals surface area contributed by atoms with Crippen LogP contribution in [0.4, 0.5) is 5.82 Å². The molecule has 2 aromatic rings. The third kappa shape index (κ3) is 4.38. The lowest BCUT2D eigenvalue weighted by Crippen LogP contribution is -2.34. The van der Waals surface area contributed by atoms with Crippen molar-refractivity contribution in [1.82, 2.24) is 14.9 Å². The fourth-order valence-corrected chi connectivity index (χ4v) is 3.07. The smallest absolute Gasteiger partial charge is 0.246 e. The number of amides is 1. The highest BCUT2D eigenvalue weighted by Gasteiger charge is 2.20. The van der Waals surface area contributed by atoms with Gasteiger partial charge in [0.2, 0.25) is 5.91 Å². The van der Waals surface area contributed by atoms with E-state index in [0.717, 1.165) is 18.5 Å². The Morgan fingerprint density at radius 1 is 1.19 bits per heavy atom. The first kappa shape index (κ1) is 17.9. The van der Waals surface area contributed by atoms with E-state index in [1.807, 2.05) is 28.0 Å². The topological polar surface area (TPSA) is 73.1 Å². The first-order chi connectivity index (χ1) is 12.7. The first-order valence-corrected chi connectivity index (χ1v) is 8.74. The predicted octanol–water partition coefficient (Wildman–Crippen LogP) is 2.75. The molecule has 7 heteroatoms. The van der Waals surface area contributed by atoms with Crippen molar-refractivity contribution >= 4 is 29.4 Å². The lowest BCUT2D eigenvalue weighted by Gasteiger charge is -2.22. The lowest BCUT2D eigenvalue weighted by atomic mass is 10.2. The molecule has 1 saturated heterocycles. The third-order valence-corrected chi connectivity index (χ3v) is 4.39. The van der Waals surface area contributed by atoms with E-state index in [1.165, 1.54) is 6.20 Å². The second-order valence-electron chi connectivity index (χ2n) is 5.89. The van der Waals surface area contributed by atoms with Gasteiger partial charge in [-0.15, -0.1) is 0 Å². The quantitative estimate of drug-likeness (QED) is 0.780. The van der Waals surface area contributed by atoms with Crippen LogP contribution < -0.4 is 4.90 Å². The van der Waals surface area contributed by atoms with Crippen LogP contribution in [0.15, 0.2) is 42.7 Å². The van der Waals surface area contributed by atoms with Crippen molar-refractivity contribution in [3.05, 3.63) is 59.0 Å². The highest BCUT2D eigenvalue weighted by atomic mass is 35.5. The van der Waals surface area contributed by atoms with Crippen molar-refractivity contribution < 1.29 is 4.79 Å². The van der Waals surface area contributed by atoms with Crippen LogP contribution in [-0.4, -0.2) is 47.0 Å². The van der Waals surface area contributed by atoms with E-state index < -0.39 is 0 Å². The Labute approximate surface area is 157 Å². The Morgan fingerprint density at radius 2 is 2.04 bits per heavy atom. The number of carbonyl (C=O) groups excluding carboxylic acids is 1. The summed E-state index contributed by atoms with van der Waals surface area (Å²) in [5.41, 5.74) is 1.20. The standard InChI is InChI=1S/C19H18ClN5O/c20-16-4-1-3-15(13-16)5-6-18(26)24-9-2-10-25(12-11-24)19-17(14-21)22-7-8-23-19/h1,3-8,13H,2,9-12H2. The van der Waals surface area contributed by atoms with Gasteiger partial charge in [-0.25, -0.2) is 9.97 Å². The van der Waals surface area contributed by atoms with Crippen molar-refractivity contribution in [2.75, 3.05) is 31.1 Å². The number of anilines is 1. The van der Waals surface area contributed by atoms with Crippen LogP contribution in [0.25, 0.3) is 6.08 Å². The number of hydrogen-bond donors (Lipinski definition) is 0. The molecule has 0 radical (unpaired) electrons. The van der Waals surface area contributed by atoms with Crippen LogP contribution in [-0.2, 0) is 4.79 Å². The summed E-state index contributed by atoms with van der Waals surface area (Å²) >= 11 is 5.96. The number of aromatic nitrogens is 2. The van der Waals surface area contributed by atoms with Gasteiger partial charge in [-0.2, -0.15) is 5.26 Å². The third-order valence-electron chi connectivity index (χ3n) is 4.16. The molecule has 0 N–H and O–H groups in total. The number of hydrogen-bond acceptors (Lipinski definition) is 5. The molecule has 0 aliphatic carbocycles. The molecular formula is C19H18ClN5O. The Bertz CT molecular complexity index is 861. The van der Waals surface area contributed by atoms with E-state index in [1.54, 1.807) is 24.4 Å². The normalized spacial score (nSPS) is 14.9. The fourth-order valence-electron chi connectivity index (χ4n) is 2.87. The summed E-state index contributed by atoms with van der Waals surface area (Å²) in [6, 6.07) is 9.43. The molecule has 0 saturated carbocycles. The van der Waals surface area contributed by atoms with Gasteiger partial charge in [-0.1, -0.05) is 23.7 Å². The molecule has 0 unspecified atom stereocenters. The Morgan fingerprint density at radius 3 is 2.85 bits per heavy atom. The first-order valence-electron chi connectivity index (χ1n) is 8.36. The Kier molecular flexibility index (Phi) is 5.82. The minimum absolute atomic E-state index is 0.0357. The number of nitrogens with zero attached hydrogens (tertiary/aromatic N) is 5. The summed E-state index contributed by atoms with van der Waals surface area (Å²) in [6.45, 7) is 2.58. The average molecular weight is 368 g/mol. The van der Waals surface area contributed by atoms with Gasteiger partial charge in [-0.05, 0) is 30.2 Å². The second-order valence-corrected chi connectivity index (χ2v) is 6.33. The maximum Gasteiger partial charge on any atom is 0.246 e. The van der Waals surface area contributed by atoms with E-state index in [0.29, 0.717) is 36.2 Å². The van der Waals surface area contributed by atoms with E-state index >= 15 is 0 Å². The number of benzene rings is 1. The van der Waals surface area contributed by atoms with Gasteiger partial charge in [0.25, 0.3) is 0 Å². The van der Waals surface area contributed by atoms with E-state index in [2.05, 4.69) is 16.0 Å². The van der Waals surface area contributed by atoms with Crippen LogP contribution in [0.2, 0.25) is 5.02 Å². The molecule has 132 valence electrons. The Balaban J connectivity index is 1.65. The van der Waals surface area contributed by atoms with E-state index in [9.17, 15) is 10.1 Å². The molecule has 1 aromatic heterocycles. The fraction of sp³-hybridized carbons (Fsp3) is 0.263.